The summed E-state index contributed by atoms with van der Waals surface area (Å²) in [5, 5.41) is 5.95. The molecule has 2 aromatic rings. The summed E-state index contributed by atoms with van der Waals surface area (Å²) in [6.45, 7) is 1.28. The molecule has 2 fully saturated rings. The normalized spacial score (nSPS) is 20.3. The molecule has 0 radical (unpaired) electrons. The van der Waals surface area contributed by atoms with Crippen molar-refractivity contribution in [2.45, 2.75) is 37.4 Å². The molecule has 1 heterocycles. The fourth-order valence-electron chi connectivity index (χ4n) is 4.04. The van der Waals surface area contributed by atoms with Gasteiger partial charge in [0.15, 0.2) is 0 Å². The van der Waals surface area contributed by atoms with Gasteiger partial charge in [0.05, 0.1) is 25.1 Å². The molecule has 1 saturated heterocycles. The van der Waals surface area contributed by atoms with E-state index < -0.39 is 6.04 Å². The van der Waals surface area contributed by atoms with Crippen molar-refractivity contribution in [2.75, 3.05) is 20.2 Å². The van der Waals surface area contributed by atoms with Gasteiger partial charge in [-0.15, -0.1) is 0 Å². The second-order valence-electron chi connectivity index (χ2n) is 7.94. The highest BCUT2D eigenvalue weighted by molar-refractivity contribution is 5.89. The Morgan fingerprint density at radius 1 is 1.27 bits per heavy atom. The van der Waals surface area contributed by atoms with Gasteiger partial charge >= 0.3 is 0 Å². The number of benzene rings is 2. The lowest BCUT2D eigenvalue weighted by Gasteiger charge is -2.35. The van der Waals surface area contributed by atoms with Crippen LogP contribution in [0.15, 0.2) is 48.5 Å². The van der Waals surface area contributed by atoms with E-state index in [0.717, 1.165) is 18.4 Å². The van der Waals surface area contributed by atoms with E-state index in [1.807, 2.05) is 35.2 Å². The van der Waals surface area contributed by atoms with Crippen LogP contribution in [0, 0.1) is 5.82 Å². The average Bonchev–Trinajstić information content (AvgIpc) is 3.53. The third-order valence-corrected chi connectivity index (χ3v) is 5.91. The lowest BCUT2D eigenvalue weighted by molar-refractivity contribution is -0.134. The molecule has 1 atom stereocenters. The highest BCUT2D eigenvalue weighted by Gasteiger charge is 2.46. The molecule has 1 aliphatic carbocycles. The number of hydrogen-bond acceptors (Lipinski definition) is 4. The Hall–Kier alpha value is -2.93. The molecule has 1 aliphatic heterocycles. The number of hydrogen-bond donors (Lipinski definition) is 2. The van der Waals surface area contributed by atoms with E-state index in [0.29, 0.717) is 24.4 Å². The van der Waals surface area contributed by atoms with Gasteiger partial charge in [-0.05, 0) is 24.5 Å². The summed E-state index contributed by atoms with van der Waals surface area (Å²) in [7, 11) is 1.49. The Bertz CT molecular complexity index is 931. The lowest BCUT2D eigenvalue weighted by atomic mass is 10.0. The number of rotatable bonds is 7. The molecular formula is C23H26FN3O3. The first-order valence-electron chi connectivity index (χ1n) is 10.2. The second kappa shape index (κ2) is 8.44. The summed E-state index contributed by atoms with van der Waals surface area (Å²) in [5.74, 6) is -0.308. The molecule has 2 aromatic carbocycles. The Labute approximate surface area is 175 Å². The fraction of sp³-hybridized carbons (Fsp3) is 0.391. The zero-order valence-corrected chi connectivity index (χ0v) is 17.0. The van der Waals surface area contributed by atoms with Crippen LogP contribution < -0.4 is 15.4 Å². The van der Waals surface area contributed by atoms with E-state index in [1.165, 1.54) is 13.2 Å². The van der Waals surface area contributed by atoms with Gasteiger partial charge in [0.1, 0.15) is 11.6 Å². The molecule has 2 N–H and O–H groups in total. The SMILES string of the molecule is COc1ccc(CN2CCNC(=O)C2CC(=O)NC2(c3ccccc3)CC2)c(F)c1. The monoisotopic (exact) mass is 411 g/mol. The van der Waals surface area contributed by atoms with Gasteiger partial charge in [-0.1, -0.05) is 36.4 Å². The van der Waals surface area contributed by atoms with Crippen LogP contribution in [0.3, 0.4) is 0 Å². The number of halogens is 1. The highest BCUT2D eigenvalue weighted by Crippen LogP contribution is 2.45. The van der Waals surface area contributed by atoms with Gasteiger partial charge in [0, 0.05) is 31.3 Å². The maximum absolute atomic E-state index is 14.4. The van der Waals surface area contributed by atoms with E-state index in [2.05, 4.69) is 10.6 Å². The molecule has 7 heteroatoms. The lowest BCUT2D eigenvalue weighted by Crippen LogP contribution is -2.56. The van der Waals surface area contributed by atoms with Crippen molar-refractivity contribution < 1.29 is 18.7 Å². The number of piperazine rings is 1. The van der Waals surface area contributed by atoms with Gasteiger partial charge in [-0.25, -0.2) is 4.39 Å². The van der Waals surface area contributed by atoms with Crippen molar-refractivity contribution in [1.82, 2.24) is 15.5 Å². The number of nitrogens with zero attached hydrogens (tertiary/aromatic N) is 1. The van der Waals surface area contributed by atoms with E-state index in [-0.39, 0.29) is 36.1 Å². The minimum atomic E-state index is -0.633. The molecule has 4 rings (SSSR count). The molecule has 30 heavy (non-hydrogen) atoms. The first-order valence-corrected chi connectivity index (χ1v) is 10.2. The van der Waals surface area contributed by atoms with Gasteiger partial charge in [-0.2, -0.15) is 0 Å². The molecule has 158 valence electrons. The third-order valence-electron chi connectivity index (χ3n) is 5.91. The summed E-state index contributed by atoms with van der Waals surface area (Å²) in [6.07, 6.45) is 1.82. The van der Waals surface area contributed by atoms with Gasteiger partial charge in [0.25, 0.3) is 0 Å². The minimum absolute atomic E-state index is 0.0399. The summed E-state index contributed by atoms with van der Waals surface area (Å²) in [4.78, 5) is 27.2. The van der Waals surface area contributed by atoms with Crippen LogP contribution in [-0.2, 0) is 21.7 Å². The molecule has 1 unspecified atom stereocenters. The molecule has 6 nitrogen and oxygen atoms in total. The fourth-order valence-corrected chi connectivity index (χ4v) is 4.04. The second-order valence-corrected chi connectivity index (χ2v) is 7.94. The number of carbonyl (C=O) groups is 2. The van der Waals surface area contributed by atoms with E-state index in [1.54, 1.807) is 12.1 Å². The van der Waals surface area contributed by atoms with Crippen LogP contribution in [0.4, 0.5) is 4.39 Å². The number of methoxy groups -OCH3 is 1. The van der Waals surface area contributed by atoms with Crippen molar-refractivity contribution >= 4 is 11.8 Å². The average molecular weight is 411 g/mol. The van der Waals surface area contributed by atoms with Crippen LogP contribution in [0.2, 0.25) is 0 Å². The number of amides is 2. The van der Waals surface area contributed by atoms with E-state index in [9.17, 15) is 14.0 Å². The van der Waals surface area contributed by atoms with Crippen LogP contribution in [-0.4, -0.2) is 43.0 Å². The molecule has 2 aliphatic rings. The maximum atomic E-state index is 14.4. The third kappa shape index (κ3) is 4.31. The summed E-state index contributed by atoms with van der Waals surface area (Å²) >= 11 is 0. The maximum Gasteiger partial charge on any atom is 0.237 e. The van der Waals surface area contributed by atoms with Crippen LogP contribution >= 0.6 is 0 Å². The molecule has 2 amide bonds. The van der Waals surface area contributed by atoms with Crippen LogP contribution in [0.1, 0.15) is 30.4 Å². The highest BCUT2D eigenvalue weighted by atomic mass is 19.1. The van der Waals surface area contributed by atoms with Crippen LogP contribution in [0.5, 0.6) is 5.75 Å². The predicted octanol–water partition coefficient (Wildman–Crippen LogP) is 2.33. The Balaban J connectivity index is 1.44. The van der Waals surface area contributed by atoms with Gasteiger partial charge in [-0.3, -0.25) is 14.5 Å². The topological polar surface area (TPSA) is 70.7 Å². The number of carbonyl (C=O) groups excluding carboxylic acids is 2. The number of ether oxygens (including phenoxy) is 1. The summed E-state index contributed by atoms with van der Waals surface area (Å²) in [6, 6.07) is 13.9. The van der Waals surface area contributed by atoms with Crippen molar-refractivity contribution in [3.63, 3.8) is 0 Å². The Morgan fingerprint density at radius 3 is 2.70 bits per heavy atom. The van der Waals surface area contributed by atoms with E-state index >= 15 is 0 Å². The van der Waals surface area contributed by atoms with Crippen LogP contribution in [0.25, 0.3) is 0 Å². The van der Waals surface area contributed by atoms with E-state index in [4.69, 9.17) is 4.74 Å². The quantitative estimate of drug-likeness (QED) is 0.734. The summed E-state index contributed by atoms with van der Waals surface area (Å²) in [5.41, 5.74) is 1.23. The standard InChI is InChI=1S/C23H26FN3O3/c1-30-18-8-7-16(19(24)13-18)15-27-12-11-25-22(29)20(27)14-21(28)26-23(9-10-23)17-5-3-2-4-6-17/h2-8,13,20H,9-12,14-15H2,1H3,(H,25,29)(H,26,28). The molecule has 0 aromatic heterocycles. The first kappa shape index (κ1) is 20.3. The van der Waals surface area contributed by atoms with Gasteiger partial charge in [0.2, 0.25) is 11.8 Å². The zero-order chi connectivity index (χ0) is 21.1. The molecule has 0 spiro atoms. The van der Waals surface area contributed by atoms with Crippen molar-refractivity contribution in [1.29, 1.82) is 0 Å². The molecule has 0 bridgehead atoms. The molecule has 1 saturated carbocycles. The smallest absolute Gasteiger partial charge is 0.237 e. The Morgan fingerprint density at radius 2 is 2.03 bits per heavy atom. The zero-order valence-electron chi connectivity index (χ0n) is 17.0. The minimum Gasteiger partial charge on any atom is -0.497 e. The van der Waals surface area contributed by atoms with Crippen molar-refractivity contribution in [3.05, 3.63) is 65.5 Å². The number of nitrogens with one attached hydrogen (secondary N) is 2. The van der Waals surface area contributed by atoms with Crippen molar-refractivity contribution in [3.8, 4) is 5.75 Å². The molecular weight excluding hydrogens is 385 g/mol. The first-order chi connectivity index (χ1) is 14.5. The van der Waals surface area contributed by atoms with Gasteiger partial charge < -0.3 is 15.4 Å². The predicted molar refractivity (Wildman–Crippen MR) is 110 cm³/mol. The largest absolute Gasteiger partial charge is 0.497 e. The Kier molecular flexibility index (Phi) is 5.72. The summed E-state index contributed by atoms with van der Waals surface area (Å²) < 4.78 is 19.5. The van der Waals surface area contributed by atoms with Crippen molar-refractivity contribution in [2.24, 2.45) is 0 Å².